The summed E-state index contributed by atoms with van der Waals surface area (Å²) in [6.07, 6.45) is 0.819. The molecule has 1 atom stereocenters. The number of hydrogen-bond donors (Lipinski definition) is 1. The molecule has 0 fully saturated rings. The zero-order valence-corrected chi connectivity index (χ0v) is 14.4. The summed E-state index contributed by atoms with van der Waals surface area (Å²) in [5, 5.41) is 17.7. The van der Waals surface area contributed by atoms with E-state index in [1.165, 1.54) is 11.1 Å². The standard InChI is InChI=1S/C17H20N4OS/c1-11(16-12(2)21-22-13(16)3)10-18-17-20-19-15(23-17)9-14-7-5-4-6-8-14/h4-8,11H,9-10H2,1-3H3,(H,18,20). The van der Waals surface area contributed by atoms with Crippen LogP contribution in [0.4, 0.5) is 5.13 Å². The van der Waals surface area contributed by atoms with E-state index in [4.69, 9.17) is 4.52 Å². The molecule has 2 heterocycles. The van der Waals surface area contributed by atoms with E-state index >= 15 is 0 Å². The molecule has 5 nitrogen and oxygen atoms in total. The molecule has 1 unspecified atom stereocenters. The van der Waals surface area contributed by atoms with Gasteiger partial charge in [0.2, 0.25) is 5.13 Å². The van der Waals surface area contributed by atoms with Crippen molar-refractivity contribution in [1.82, 2.24) is 15.4 Å². The summed E-state index contributed by atoms with van der Waals surface area (Å²) in [6, 6.07) is 10.3. The Balaban J connectivity index is 1.59. The molecule has 0 radical (unpaired) electrons. The summed E-state index contributed by atoms with van der Waals surface area (Å²) in [7, 11) is 0. The van der Waals surface area contributed by atoms with Gasteiger partial charge in [0.05, 0.1) is 5.69 Å². The van der Waals surface area contributed by atoms with Gasteiger partial charge in [-0.25, -0.2) is 0 Å². The highest BCUT2D eigenvalue weighted by atomic mass is 32.1. The number of aryl methyl sites for hydroxylation is 2. The summed E-state index contributed by atoms with van der Waals surface area (Å²) in [4.78, 5) is 0. The molecule has 0 amide bonds. The van der Waals surface area contributed by atoms with Crippen LogP contribution in [0.3, 0.4) is 0 Å². The molecule has 0 saturated carbocycles. The van der Waals surface area contributed by atoms with Crippen LogP contribution in [0, 0.1) is 13.8 Å². The summed E-state index contributed by atoms with van der Waals surface area (Å²) >= 11 is 1.60. The lowest BCUT2D eigenvalue weighted by Crippen LogP contribution is -2.10. The molecule has 3 aromatic rings. The van der Waals surface area contributed by atoms with Gasteiger partial charge in [0.15, 0.2) is 0 Å². The first kappa shape index (κ1) is 15.7. The van der Waals surface area contributed by atoms with Crippen LogP contribution >= 0.6 is 11.3 Å². The smallest absolute Gasteiger partial charge is 0.205 e. The molecular weight excluding hydrogens is 308 g/mol. The molecule has 1 N–H and O–H groups in total. The van der Waals surface area contributed by atoms with Gasteiger partial charge in [-0.2, -0.15) is 0 Å². The fraction of sp³-hybridized carbons (Fsp3) is 0.353. The third-order valence-electron chi connectivity index (χ3n) is 3.81. The summed E-state index contributed by atoms with van der Waals surface area (Å²) in [5.41, 5.74) is 3.38. The fourth-order valence-corrected chi connectivity index (χ4v) is 3.48. The zero-order chi connectivity index (χ0) is 16.2. The van der Waals surface area contributed by atoms with Crippen molar-refractivity contribution in [3.05, 3.63) is 57.9 Å². The fourth-order valence-electron chi connectivity index (χ4n) is 2.70. The molecule has 120 valence electrons. The molecule has 0 saturated heterocycles. The highest BCUT2D eigenvalue weighted by Gasteiger charge is 2.16. The second kappa shape index (κ2) is 6.91. The first-order valence-electron chi connectivity index (χ1n) is 7.66. The lowest BCUT2D eigenvalue weighted by Gasteiger charge is -2.11. The van der Waals surface area contributed by atoms with Crippen LogP contribution in [-0.2, 0) is 6.42 Å². The van der Waals surface area contributed by atoms with Crippen LogP contribution in [0.15, 0.2) is 34.9 Å². The van der Waals surface area contributed by atoms with Crippen molar-refractivity contribution in [2.24, 2.45) is 0 Å². The van der Waals surface area contributed by atoms with E-state index in [1.54, 1.807) is 11.3 Å². The zero-order valence-electron chi connectivity index (χ0n) is 13.5. The molecule has 0 bridgehead atoms. The Kier molecular flexibility index (Phi) is 4.71. The van der Waals surface area contributed by atoms with E-state index in [-0.39, 0.29) is 0 Å². The van der Waals surface area contributed by atoms with E-state index in [0.717, 1.165) is 34.6 Å². The van der Waals surface area contributed by atoms with E-state index in [2.05, 4.69) is 39.7 Å². The van der Waals surface area contributed by atoms with Crippen LogP contribution in [0.5, 0.6) is 0 Å². The Labute approximate surface area is 139 Å². The van der Waals surface area contributed by atoms with Crippen molar-refractivity contribution >= 4 is 16.5 Å². The minimum atomic E-state index is 0.308. The van der Waals surface area contributed by atoms with Gasteiger partial charge in [0.1, 0.15) is 10.8 Å². The molecule has 0 aliphatic rings. The molecule has 0 aliphatic heterocycles. The number of aromatic nitrogens is 3. The van der Waals surface area contributed by atoms with Crippen molar-refractivity contribution in [1.29, 1.82) is 0 Å². The van der Waals surface area contributed by atoms with Gasteiger partial charge in [0, 0.05) is 24.4 Å². The predicted octanol–water partition coefficient (Wildman–Crippen LogP) is 3.95. The third kappa shape index (κ3) is 3.76. The van der Waals surface area contributed by atoms with Gasteiger partial charge in [-0.3, -0.25) is 0 Å². The van der Waals surface area contributed by atoms with Gasteiger partial charge >= 0.3 is 0 Å². The van der Waals surface area contributed by atoms with Crippen molar-refractivity contribution in [2.45, 2.75) is 33.1 Å². The molecule has 6 heteroatoms. The average Bonchev–Trinajstić information content (AvgIpc) is 3.13. The lowest BCUT2D eigenvalue weighted by atomic mass is 10.00. The second-order valence-electron chi connectivity index (χ2n) is 5.68. The number of nitrogens with one attached hydrogen (secondary N) is 1. The number of rotatable bonds is 6. The maximum absolute atomic E-state index is 5.24. The molecule has 3 rings (SSSR count). The van der Waals surface area contributed by atoms with Crippen molar-refractivity contribution in [2.75, 3.05) is 11.9 Å². The minimum Gasteiger partial charge on any atom is -0.361 e. The Morgan fingerprint density at radius 1 is 1.17 bits per heavy atom. The van der Waals surface area contributed by atoms with Crippen molar-refractivity contribution in [3.8, 4) is 0 Å². The largest absolute Gasteiger partial charge is 0.361 e. The lowest BCUT2D eigenvalue weighted by molar-refractivity contribution is 0.391. The quantitative estimate of drug-likeness (QED) is 0.742. The molecule has 1 aromatic carbocycles. The molecule has 0 aliphatic carbocycles. The van der Waals surface area contributed by atoms with Crippen LogP contribution in [-0.4, -0.2) is 21.9 Å². The maximum Gasteiger partial charge on any atom is 0.205 e. The summed E-state index contributed by atoms with van der Waals surface area (Å²) < 4.78 is 5.24. The van der Waals surface area contributed by atoms with E-state index in [9.17, 15) is 0 Å². The molecule has 0 spiro atoms. The van der Waals surface area contributed by atoms with Crippen LogP contribution in [0.25, 0.3) is 0 Å². The molecule has 23 heavy (non-hydrogen) atoms. The van der Waals surface area contributed by atoms with Gasteiger partial charge < -0.3 is 9.84 Å². The van der Waals surface area contributed by atoms with Gasteiger partial charge in [-0.05, 0) is 19.4 Å². The van der Waals surface area contributed by atoms with Gasteiger partial charge in [-0.15, -0.1) is 10.2 Å². The van der Waals surface area contributed by atoms with Crippen molar-refractivity contribution in [3.63, 3.8) is 0 Å². The highest BCUT2D eigenvalue weighted by Crippen LogP contribution is 2.24. The Morgan fingerprint density at radius 3 is 2.65 bits per heavy atom. The second-order valence-corrected chi connectivity index (χ2v) is 6.75. The first-order chi connectivity index (χ1) is 11.1. The van der Waals surface area contributed by atoms with Gasteiger partial charge in [-0.1, -0.05) is 53.7 Å². The Hall–Kier alpha value is -2.21. The maximum atomic E-state index is 5.24. The average molecular weight is 328 g/mol. The van der Waals surface area contributed by atoms with Crippen LogP contribution in [0.2, 0.25) is 0 Å². The first-order valence-corrected chi connectivity index (χ1v) is 8.48. The molecule has 2 aromatic heterocycles. The molecular formula is C17H20N4OS. The summed E-state index contributed by atoms with van der Waals surface area (Å²) in [5.74, 6) is 1.20. The Morgan fingerprint density at radius 2 is 1.96 bits per heavy atom. The van der Waals surface area contributed by atoms with E-state index < -0.39 is 0 Å². The normalized spacial score (nSPS) is 12.3. The van der Waals surface area contributed by atoms with Crippen molar-refractivity contribution < 1.29 is 4.52 Å². The number of nitrogens with zero attached hydrogens (tertiary/aromatic N) is 3. The van der Waals surface area contributed by atoms with Gasteiger partial charge in [0.25, 0.3) is 0 Å². The highest BCUT2D eigenvalue weighted by molar-refractivity contribution is 7.15. The van der Waals surface area contributed by atoms with E-state index in [0.29, 0.717) is 5.92 Å². The third-order valence-corrected chi connectivity index (χ3v) is 4.69. The predicted molar refractivity (Wildman–Crippen MR) is 92.0 cm³/mol. The van der Waals surface area contributed by atoms with Crippen LogP contribution < -0.4 is 5.32 Å². The van der Waals surface area contributed by atoms with Crippen LogP contribution in [0.1, 0.15) is 40.4 Å². The number of benzene rings is 1. The number of hydrogen-bond acceptors (Lipinski definition) is 6. The monoisotopic (exact) mass is 328 g/mol. The SMILES string of the molecule is Cc1noc(C)c1C(C)CNc1nnc(Cc2ccccc2)s1. The minimum absolute atomic E-state index is 0.308. The summed E-state index contributed by atoms with van der Waals surface area (Å²) in [6.45, 7) is 6.87. The number of anilines is 1. The topological polar surface area (TPSA) is 63.8 Å². The Bertz CT molecular complexity index is 747. The van der Waals surface area contributed by atoms with E-state index in [1.807, 2.05) is 32.0 Å².